The van der Waals surface area contributed by atoms with E-state index in [-0.39, 0.29) is 6.10 Å². The van der Waals surface area contributed by atoms with Crippen LogP contribution in [0.25, 0.3) is 21.5 Å². The summed E-state index contributed by atoms with van der Waals surface area (Å²) in [5.74, 6) is 6.52. The van der Waals surface area contributed by atoms with Gasteiger partial charge in [0.1, 0.15) is 6.10 Å². The highest BCUT2D eigenvalue weighted by Crippen LogP contribution is 2.32. The molecule has 0 amide bonds. The summed E-state index contributed by atoms with van der Waals surface area (Å²) in [5, 5.41) is 4.89. The van der Waals surface area contributed by atoms with Crippen LogP contribution in [0.15, 0.2) is 84.9 Å². The Morgan fingerprint density at radius 2 is 1.36 bits per heavy atom. The van der Waals surface area contributed by atoms with Crippen molar-refractivity contribution in [2.75, 3.05) is 7.11 Å². The van der Waals surface area contributed by atoms with E-state index in [1.807, 2.05) is 30.3 Å². The van der Waals surface area contributed by atoms with Crippen LogP contribution in [-0.4, -0.2) is 7.11 Å². The van der Waals surface area contributed by atoms with Crippen LogP contribution in [0.3, 0.4) is 0 Å². The van der Waals surface area contributed by atoms with Crippen LogP contribution in [0.5, 0.6) is 0 Å². The van der Waals surface area contributed by atoms with Crippen LogP contribution in [0.4, 0.5) is 0 Å². The maximum Gasteiger partial charge on any atom is 0.144 e. The molecule has 0 aliphatic rings. The Hall–Kier alpha value is -3.08. The molecule has 0 aliphatic heterocycles. The first kappa shape index (κ1) is 15.4. The molecular formula is C24H18O. The third kappa shape index (κ3) is 3.01. The average Bonchev–Trinajstić information content (AvgIpc) is 2.69. The highest BCUT2D eigenvalue weighted by Gasteiger charge is 2.13. The van der Waals surface area contributed by atoms with Crippen molar-refractivity contribution in [3.05, 3.63) is 96.1 Å². The lowest BCUT2D eigenvalue weighted by Gasteiger charge is -2.15. The summed E-state index contributed by atoms with van der Waals surface area (Å²) < 4.78 is 5.74. The van der Waals surface area contributed by atoms with E-state index >= 15 is 0 Å². The molecule has 120 valence electrons. The van der Waals surface area contributed by atoms with Crippen LogP contribution >= 0.6 is 0 Å². The SMILES string of the molecule is COC(C#Cc1ccccc1)c1cc2ccccc2c2ccccc12. The monoisotopic (exact) mass is 322 g/mol. The minimum absolute atomic E-state index is 0.269. The molecule has 4 aromatic carbocycles. The first-order valence-electron chi connectivity index (χ1n) is 8.36. The van der Waals surface area contributed by atoms with Crippen LogP contribution in [0, 0.1) is 11.8 Å². The molecule has 0 aliphatic carbocycles. The Morgan fingerprint density at radius 3 is 2.12 bits per heavy atom. The van der Waals surface area contributed by atoms with Crippen LogP contribution in [0.1, 0.15) is 17.2 Å². The predicted molar refractivity (Wildman–Crippen MR) is 105 cm³/mol. The van der Waals surface area contributed by atoms with E-state index in [2.05, 4.69) is 66.4 Å². The van der Waals surface area contributed by atoms with Crippen LogP contribution < -0.4 is 0 Å². The molecule has 1 unspecified atom stereocenters. The van der Waals surface area contributed by atoms with Gasteiger partial charge in [-0.15, -0.1) is 0 Å². The number of ether oxygens (including phenoxy) is 1. The Balaban J connectivity index is 1.90. The Kier molecular flexibility index (Phi) is 4.21. The van der Waals surface area contributed by atoms with E-state index in [0.717, 1.165) is 11.1 Å². The molecule has 0 N–H and O–H groups in total. The van der Waals surface area contributed by atoms with E-state index in [9.17, 15) is 0 Å². The topological polar surface area (TPSA) is 9.23 Å². The van der Waals surface area contributed by atoms with Crippen molar-refractivity contribution in [3.63, 3.8) is 0 Å². The summed E-state index contributed by atoms with van der Waals surface area (Å²) in [4.78, 5) is 0. The zero-order valence-corrected chi connectivity index (χ0v) is 14.1. The highest BCUT2D eigenvalue weighted by molar-refractivity contribution is 6.09. The summed E-state index contributed by atoms with van der Waals surface area (Å²) in [5.41, 5.74) is 2.11. The van der Waals surface area contributed by atoms with E-state index < -0.39 is 0 Å². The van der Waals surface area contributed by atoms with Gasteiger partial charge in [0, 0.05) is 18.2 Å². The minimum Gasteiger partial charge on any atom is -0.364 e. The normalized spacial score (nSPS) is 11.9. The number of hydrogen-bond acceptors (Lipinski definition) is 1. The van der Waals surface area contributed by atoms with Crippen molar-refractivity contribution in [1.82, 2.24) is 0 Å². The molecule has 0 saturated carbocycles. The van der Waals surface area contributed by atoms with Crippen molar-refractivity contribution in [1.29, 1.82) is 0 Å². The molecule has 0 spiro atoms. The van der Waals surface area contributed by atoms with Gasteiger partial charge in [-0.05, 0) is 39.7 Å². The number of methoxy groups -OCH3 is 1. The van der Waals surface area contributed by atoms with Crippen LogP contribution in [0.2, 0.25) is 0 Å². The fourth-order valence-electron chi connectivity index (χ4n) is 3.23. The first-order chi connectivity index (χ1) is 12.4. The molecule has 1 atom stereocenters. The second-order valence-electron chi connectivity index (χ2n) is 5.98. The number of fused-ring (bicyclic) bond motifs is 3. The minimum atomic E-state index is -0.269. The molecule has 25 heavy (non-hydrogen) atoms. The molecule has 4 rings (SSSR count). The van der Waals surface area contributed by atoms with E-state index in [4.69, 9.17) is 4.74 Å². The lowest BCUT2D eigenvalue weighted by molar-refractivity contribution is 0.151. The summed E-state index contributed by atoms with van der Waals surface area (Å²) in [6.45, 7) is 0. The molecule has 0 radical (unpaired) electrons. The summed E-state index contributed by atoms with van der Waals surface area (Å²) in [7, 11) is 1.72. The largest absolute Gasteiger partial charge is 0.364 e. The zero-order valence-electron chi connectivity index (χ0n) is 14.1. The Morgan fingerprint density at radius 1 is 0.720 bits per heavy atom. The highest BCUT2D eigenvalue weighted by atomic mass is 16.5. The lowest BCUT2D eigenvalue weighted by atomic mass is 9.94. The number of rotatable bonds is 2. The standard InChI is InChI=1S/C24H18O/c1-25-24(16-15-18-9-3-2-4-10-18)23-17-19-11-5-6-12-20(19)21-13-7-8-14-22(21)23/h2-14,17,24H,1H3. The van der Waals surface area contributed by atoms with Gasteiger partial charge in [-0.25, -0.2) is 0 Å². The van der Waals surface area contributed by atoms with Gasteiger partial charge in [-0.3, -0.25) is 0 Å². The molecule has 0 aromatic heterocycles. The summed E-state index contributed by atoms with van der Waals surface area (Å²) in [6.07, 6.45) is -0.269. The molecular weight excluding hydrogens is 304 g/mol. The van der Waals surface area contributed by atoms with Gasteiger partial charge in [0.05, 0.1) is 0 Å². The average molecular weight is 322 g/mol. The third-order valence-corrected chi connectivity index (χ3v) is 4.44. The van der Waals surface area contributed by atoms with E-state index in [1.54, 1.807) is 7.11 Å². The smallest absolute Gasteiger partial charge is 0.144 e. The fraction of sp³-hybridized carbons (Fsp3) is 0.0833. The van der Waals surface area contributed by atoms with Gasteiger partial charge < -0.3 is 4.74 Å². The van der Waals surface area contributed by atoms with E-state index in [1.165, 1.54) is 21.5 Å². The second-order valence-corrected chi connectivity index (χ2v) is 5.98. The second kappa shape index (κ2) is 6.81. The van der Waals surface area contributed by atoms with Crippen molar-refractivity contribution in [2.24, 2.45) is 0 Å². The summed E-state index contributed by atoms with van der Waals surface area (Å²) in [6, 6.07) is 29.1. The maximum atomic E-state index is 5.74. The molecule has 0 saturated heterocycles. The first-order valence-corrected chi connectivity index (χ1v) is 8.36. The molecule has 4 aromatic rings. The summed E-state index contributed by atoms with van der Waals surface area (Å²) >= 11 is 0. The maximum absolute atomic E-state index is 5.74. The van der Waals surface area contributed by atoms with Gasteiger partial charge in [-0.1, -0.05) is 78.6 Å². The van der Waals surface area contributed by atoms with Gasteiger partial charge in [0.2, 0.25) is 0 Å². The zero-order chi connectivity index (χ0) is 17.1. The van der Waals surface area contributed by atoms with Crippen molar-refractivity contribution in [2.45, 2.75) is 6.10 Å². The van der Waals surface area contributed by atoms with Crippen molar-refractivity contribution < 1.29 is 4.74 Å². The molecule has 0 fully saturated rings. The van der Waals surface area contributed by atoms with Crippen molar-refractivity contribution >= 4 is 21.5 Å². The Bertz CT molecular complexity index is 1080. The van der Waals surface area contributed by atoms with Crippen molar-refractivity contribution in [3.8, 4) is 11.8 Å². The lowest BCUT2D eigenvalue weighted by Crippen LogP contribution is -2.00. The van der Waals surface area contributed by atoms with Gasteiger partial charge in [0.25, 0.3) is 0 Å². The van der Waals surface area contributed by atoms with Gasteiger partial charge >= 0.3 is 0 Å². The van der Waals surface area contributed by atoms with Crippen LogP contribution in [-0.2, 0) is 4.74 Å². The molecule has 0 heterocycles. The third-order valence-electron chi connectivity index (χ3n) is 4.44. The van der Waals surface area contributed by atoms with Gasteiger partial charge in [0.15, 0.2) is 0 Å². The number of hydrogen-bond donors (Lipinski definition) is 0. The van der Waals surface area contributed by atoms with Gasteiger partial charge in [-0.2, -0.15) is 0 Å². The molecule has 0 bridgehead atoms. The van der Waals surface area contributed by atoms with E-state index in [0.29, 0.717) is 0 Å². The molecule has 1 heteroatoms. The Labute approximate surface area is 147 Å². The predicted octanol–water partition coefficient (Wildman–Crippen LogP) is 5.73. The fourth-order valence-corrected chi connectivity index (χ4v) is 3.23. The quantitative estimate of drug-likeness (QED) is 0.338. The molecule has 1 nitrogen and oxygen atoms in total. The number of benzene rings is 4.